The number of carbonyl (C=O) groups excluding carboxylic acids is 1. The maximum absolute atomic E-state index is 14.0. The maximum atomic E-state index is 14.0. The first kappa shape index (κ1) is 29.0. The number of hydrogen-bond acceptors (Lipinski definition) is 5. The lowest BCUT2D eigenvalue weighted by molar-refractivity contribution is -0.137. The largest absolute Gasteiger partial charge is 0.463 e. The summed E-state index contributed by atoms with van der Waals surface area (Å²) in [4.78, 5) is 14.2. The molecule has 5 nitrogen and oxygen atoms in total. The van der Waals surface area contributed by atoms with Gasteiger partial charge in [-0.15, -0.1) is 0 Å². The molecular formula is C31H42FNO4. The van der Waals surface area contributed by atoms with Gasteiger partial charge >= 0.3 is 5.97 Å². The molecular weight excluding hydrogens is 469 g/mol. The Morgan fingerprint density at radius 1 is 1.22 bits per heavy atom. The fourth-order valence-electron chi connectivity index (χ4n) is 5.02. The lowest BCUT2D eigenvalue weighted by atomic mass is 9.97. The standard InChI is InChI=1S/C31H42FNO4/c1-5-8-30(28-14-10-22(3)17-25(28)13-15-31(35)36-6-2)37-21-27(34)20-33-16-7-9-26(33)18-24-12-11-23(4)29(32)19-24/h10-15,17,19,26-27,30,34H,5-9,16,18,20-21H2,1-4H3/b15-13+/t26-,27+,30+/m0/s1. The van der Waals surface area contributed by atoms with Crippen LogP contribution in [-0.4, -0.2) is 54.4 Å². The van der Waals surface area contributed by atoms with E-state index in [1.807, 2.05) is 37.3 Å². The minimum Gasteiger partial charge on any atom is -0.463 e. The minimum atomic E-state index is -0.626. The summed E-state index contributed by atoms with van der Waals surface area (Å²) in [7, 11) is 0. The molecule has 3 rings (SSSR count). The maximum Gasteiger partial charge on any atom is 0.330 e. The van der Waals surface area contributed by atoms with Crippen LogP contribution < -0.4 is 0 Å². The summed E-state index contributed by atoms with van der Waals surface area (Å²) in [6, 6.07) is 11.9. The number of halogens is 1. The third kappa shape index (κ3) is 8.77. The predicted octanol–water partition coefficient (Wildman–Crippen LogP) is 5.94. The van der Waals surface area contributed by atoms with Crippen LogP contribution >= 0.6 is 0 Å². The second-order valence-corrected chi connectivity index (χ2v) is 10.1. The first-order chi connectivity index (χ1) is 17.8. The van der Waals surface area contributed by atoms with E-state index in [4.69, 9.17) is 9.47 Å². The lowest BCUT2D eigenvalue weighted by Crippen LogP contribution is -2.39. The Hall–Kier alpha value is -2.54. The Morgan fingerprint density at radius 3 is 2.76 bits per heavy atom. The third-order valence-electron chi connectivity index (χ3n) is 6.97. The van der Waals surface area contributed by atoms with Gasteiger partial charge in [-0.1, -0.05) is 49.2 Å². The molecule has 1 N–H and O–H groups in total. The minimum absolute atomic E-state index is 0.162. The van der Waals surface area contributed by atoms with Crippen molar-refractivity contribution < 1.29 is 23.8 Å². The van der Waals surface area contributed by atoms with E-state index in [0.717, 1.165) is 60.9 Å². The van der Waals surface area contributed by atoms with Crippen LogP contribution in [0.4, 0.5) is 4.39 Å². The number of β-amino-alcohol motifs (C(OH)–C–C–N with tert-alkyl or cyclic N) is 1. The van der Waals surface area contributed by atoms with Gasteiger partial charge in [0.1, 0.15) is 5.82 Å². The topological polar surface area (TPSA) is 59.0 Å². The second kappa shape index (κ2) is 14.4. The zero-order chi connectivity index (χ0) is 26.8. The van der Waals surface area contributed by atoms with Gasteiger partial charge in [-0.05, 0) is 87.4 Å². The van der Waals surface area contributed by atoms with Gasteiger partial charge in [-0.2, -0.15) is 0 Å². The van der Waals surface area contributed by atoms with Crippen molar-refractivity contribution in [1.82, 2.24) is 4.90 Å². The summed E-state index contributed by atoms with van der Waals surface area (Å²) < 4.78 is 25.3. The van der Waals surface area contributed by atoms with E-state index in [-0.39, 0.29) is 24.5 Å². The van der Waals surface area contributed by atoms with Crippen molar-refractivity contribution >= 4 is 12.0 Å². The number of aryl methyl sites for hydroxylation is 2. The van der Waals surface area contributed by atoms with Gasteiger partial charge in [0, 0.05) is 18.7 Å². The molecule has 1 saturated heterocycles. The van der Waals surface area contributed by atoms with E-state index in [0.29, 0.717) is 24.8 Å². The van der Waals surface area contributed by atoms with Crippen molar-refractivity contribution in [1.29, 1.82) is 0 Å². The fourth-order valence-corrected chi connectivity index (χ4v) is 5.02. The summed E-state index contributed by atoms with van der Waals surface area (Å²) in [5.41, 5.74) is 4.67. The molecule has 2 aromatic rings. The van der Waals surface area contributed by atoms with Gasteiger partial charge in [0.05, 0.1) is 25.4 Å². The van der Waals surface area contributed by atoms with Crippen LogP contribution in [0.15, 0.2) is 42.5 Å². The molecule has 202 valence electrons. The average Bonchev–Trinajstić information content (AvgIpc) is 3.29. The molecule has 0 aliphatic carbocycles. The monoisotopic (exact) mass is 511 g/mol. The number of aliphatic hydroxyl groups excluding tert-OH is 1. The lowest BCUT2D eigenvalue weighted by Gasteiger charge is -2.28. The van der Waals surface area contributed by atoms with Crippen molar-refractivity contribution in [3.8, 4) is 0 Å². The van der Waals surface area contributed by atoms with Crippen molar-refractivity contribution in [2.45, 2.75) is 78.0 Å². The second-order valence-electron chi connectivity index (χ2n) is 10.1. The summed E-state index contributed by atoms with van der Waals surface area (Å²) >= 11 is 0. The summed E-state index contributed by atoms with van der Waals surface area (Å²) in [6.45, 7) is 9.70. The smallest absolute Gasteiger partial charge is 0.330 e. The van der Waals surface area contributed by atoms with Crippen LogP contribution in [0.3, 0.4) is 0 Å². The van der Waals surface area contributed by atoms with Gasteiger partial charge in [0.25, 0.3) is 0 Å². The van der Waals surface area contributed by atoms with Crippen molar-refractivity contribution in [3.05, 3.63) is 76.1 Å². The van der Waals surface area contributed by atoms with E-state index in [9.17, 15) is 14.3 Å². The third-order valence-corrected chi connectivity index (χ3v) is 6.97. The van der Waals surface area contributed by atoms with Gasteiger partial charge in [-0.3, -0.25) is 4.90 Å². The van der Waals surface area contributed by atoms with Crippen molar-refractivity contribution in [2.75, 3.05) is 26.3 Å². The van der Waals surface area contributed by atoms with Crippen molar-refractivity contribution in [3.63, 3.8) is 0 Å². The van der Waals surface area contributed by atoms with Crippen LogP contribution in [0.5, 0.6) is 0 Å². The highest BCUT2D eigenvalue weighted by Gasteiger charge is 2.27. The molecule has 1 aliphatic heterocycles. The van der Waals surface area contributed by atoms with Crippen molar-refractivity contribution in [2.24, 2.45) is 0 Å². The number of benzene rings is 2. The van der Waals surface area contributed by atoms with E-state index >= 15 is 0 Å². The van der Waals surface area contributed by atoms with Crippen LogP contribution in [0.25, 0.3) is 6.08 Å². The van der Waals surface area contributed by atoms with Crippen LogP contribution in [-0.2, 0) is 20.7 Å². The number of nitrogens with zero attached hydrogens (tertiary/aromatic N) is 1. The average molecular weight is 512 g/mol. The number of esters is 1. The van der Waals surface area contributed by atoms with Crippen LogP contribution in [0, 0.1) is 19.7 Å². The van der Waals surface area contributed by atoms with Crippen LogP contribution in [0.1, 0.15) is 73.5 Å². The molecule has 0 radical (unpaired) electrons. The SMILES string of the molecule is CCC[C@@H](OC[C@H](O)CN1CCC[C@H]1Cc1ccc(C)c(F)c1)c1ccc(C)cc1/C=C/C(=O)OCC. The molecule has 1 fully saturated rings. The quantitative estimate of drug-likeness (QED) is 0.266. The predicted molar refractivity (Wildman–Crippen MR) is 146 cm³/mol. The molecule has 0 aromatic heterocycles. The molecule has 0 saturated carbocycles. The molecule has 6 heteroatoms. The number of likely N-dealkylation sites (tertiary alicyclic amines) is 1. The molecule has 0 unspecified atom stereocenters. The van der Waals surface area contributed by atoms with Gasteiger partial charge in [0.2, 0.25) is 0 Å². The van der Waals surface area contributed by atoms with Gasteiger partial charge in [-0.25, -0.2) is 9.18 Å². The zero-order valence-electron chi connectivity index (χ0n) is 22.7. The number of hydrogen-bond donors (Lipinski definition) is 1. The van der Waals surface area contributed by atoms with E-state index in [1.165, 1.54) is 6.08 Å². The Kier molecular flexibility index (Phi) is 11.3. The Morgan fingerprint density at radius 2 is 2.03 bits per heavy atom. The Labute approximate surface area is 221 Å². The first-order valence-corrected chi connectivity index (χ1v) is 13.5. The molecule has 2 aromatic carbocycles. The molecule has 1 heterocycles. The molecule has 37 heavy (non-hydrogen) atoms. The first-order valence-electron chi connectivity index (χ1n) is 13.5. The summed E-state index contributed by atoms with van der Waals surface area (Å²) in [5.74, 6) is -0.531. The fraction of sp³-hybridized carbons (Fsp3) is 0.516. The Balaban J connectivity index is 1.62. The van der Waals surface area contributed by atoms with Gasteiger partial charge < -0.3 is 14.6 Å². The number of carbonyl (C=O) groups is 1. The van der Waals surface area contributed by atoms with E-state index in [2.05, 4.69) is 11.8 Å². The summed E-state index contributed by atoms with van der Waals surface area (Å²) in [6.07, 6.45) is 7.05. The molecule has 0 amide bonds. The molecule has 0 spiro atoms. The number of aliphatic hydroxyl groups is 1. The van der Waals surface area contributed by atoms with E-state index in [1.54, 1.807) is 26.0 Å². The highest BCUT2D eigenvalue weighted by atomic mass is 19.1. The molecule has 0 bridgehead atoms. The van der Waals surface area contributed by atoms with Crippen LogP contribution in [0.2, 0.25) is 0 Å². The number of rotatable bonds is 13. The zero-order valence-corrected chi connectivity index (χ0v) is 22.7. The highest BCUT2D eigenvalue weighted by Crippen LogP contribution is 2.29. The normalized spacial score (nSPS) is 17.8. The summed E-state index contributed by atoms with van der Waals surface area (Å²) in [5, 5.41) is 10.9. The number of ether oxygens (including phenoxy) is 2. The van der Waals surface area contributed by atoms with Gasteiger partial charge in [0.15, 0.2) is 0 Å². The Bertz CT molecular complexity index is 1050. The highest BCUT2D eigenvalue weighted by molar-refractivity contribution is 5.87. The van der Waals surface area contributed by atoms with E-state index < -0.39 is 6.10 Å². The molecule has 3 atom stereocenters. The molecule has 1 aliphatic rings.